The van der Waals surface area contributed by atoms with E-state index in [2.05, 4.69) is 25.9 Å². The summed E-state index contributed by atoms with van der Waals surface area (Å²) in [5, 5.41) is 0. The number of methoxy groups -OCH3 is 1. The SMILES string of the molecule is C=CC(=O)OC.FOB(OF)OF.[LiH]. The van der Waals surface area contributed by atoms with E-state index in [0.29, 0.717) is 0 Å². The molecule has 0 aromatic rings. The summed E-state index contributed by atoms with van der Waals surface area (Å²) in [4.78, 5) is 16.9. The van der Waals surface area contributed by atoms with E-state index in [0.717, 1.165) is 6.08 Å². The van der Waals surface area contributed by atoms with Crippen LogP contribution < -0.4 is 0 Å². The van der Waals surface area contributed by atoms with E-state index >= 15 is 0 Å². The number of hydrogen-bond donors (Lipinski definition) is 0. The minimum absolute atomic E-state index is 0. The zero-order chi connectivity index (χ0) is 10.7. The van der Waals surface area contributed by atoms with E-state index in [9.17, 15) is 18.4 Å². The van der Waals surface area contributed by atoms with Gasteiger partial charge in [-0.15, -0.1) is 0 Å². The molecule has 10 heteroatoms. The van der Waals surface area contributed by atoms with Crippen LogP contribution >= 0.6 is 0 Å². The molecular formula is C4H7BF3LiO5. The second-order valence-electron chi connectivity index (χ2n) is 1.28. The minimum atomic E-state index is -2.51. The van der Waals surface area contributed by atoms with Crippen LogP contribution in [0.2, 0.25) is 0 Å². The van der Waals surface area contributed by atoms with Gasteiger partial charge in [0.2, 0.25) is 0 Å². The molecular weight excluding hydrogens is 203 g/mol. The molecule has 0 aliphatic rings. The third-order valence-electron chi connectivity index (χ3n) is 0.586. The predicted molar refractivity (Wildman–Crippen MR) is 41.7 cm³/mol. The van der Waals surface area contributed by atoms with Crippen LogP contribution in [0.5, 0.6) is 0 Å². The molecule has 0 heterocycles. The van der Waals surface area contributed by atoms with Crippen molar-refractivity contribution < 1.29 is 37.7 Å². The first-order chi connectivity index (χ1) is 6.15. The zero-order valence-electron chi connectivity index (χ0n) is 6.54. The van der Waals surface area contributed by atoms with Gasteiger partial charge in [0.25, 0.3) is 0 Å². The molecule has 0 bridgehead atoms. The van der Waals surface area contributed by atoms with Crippen molar-refractivity contribution in [1.29, 1.82) is 0 Å². The number of halogens is 3. The van der Waals surface area contributed by atoms with Crippen LogP contribution in [0.15, 0.2) is 12.7 Å². The number of carbonyl (C=O) groups is 1. The van der Waals surface area contributed by atoms with Gasteiger partial charge < -0.3 is 4.74 Å². The fourth-order valence-electron chi connectivity index (χ4n) is 0.125. The van der Waals surface area contributed by atoms with Crippen LogP contribution in [0.1, 0.15) is 0 Å². The second kappa shape index (κ2) is 15.0. The molecule has 0 amide bonds. The molecule has 0 aromatic carbocycles. The Morgan fingerprint density at radius 2 is 1.64 bits per heavy atom. The molecule has 0 unspecified atom stereocenters. The van der Waals surface area contributed by atoms with Crippen molar-refractivity contribution in [3.8, 4) is 0 Å². The molecule has 0 rings (SSSR count). The van der Waals surface area contributed by atoms with Crippen molar-refractivity contribution in [3.63, 3.8) is 0 Å². The predicted octanol–water partition coefficient (Wildman–Crippen LogP) is 0.371. The van der Waals surface area contributed by atoms with Crippen LogP contribution in [0.4, 0.5) is 13.6 Å². The van der Waals surface area contributed by atoms with E-state index in [1.165, 1.54) is 7.11 Å². The Balaban J connectivity index is -0.000000163. The van der Waals surface area contributed by atoms with Gasteiger partial charge in [-0.25, -0.2) is 4.79 Å². The van der Waals surface area contributed by atoms with E-state index in [1.807, 2.05) is 0 Å². The molecule has 0 atom stereocenters. The van der Waals surface area contributed by atoms with Gasteiger partial charge in [-0.2, -0.15) is 14.6 Å². The molecule has 0 fully saturated rings. The van der Waals surface area contributed by atoms with Gasteiger partial charge in [0.15, 0.2) is 0 Å². The summed E-state index contributed by atoms with van der Waals surface area (Å²) in [6.45, 7) is 3.16. The van der Waals surface area contributed by atoms with Gasteiger partial charge in [-0.05, 0) is 0 Å². The molecule has 78 valence electrons. The Bertz CT molecular complexity index is 141. The van der Waals surface area contributed by atoms with Gasteiger partial charge in [-0.3, -0.25) is 0 Å². The van der Waals surface area contributed by atoms with E-state index in [4.69, 9.17) is 0 Å². The molecule has 0 aromatic heterocycles. The first-order valence-corrected chi connectivity index (χ1v) is 2.68. The Morgan fingerprint density at radius 3 is 1.64 bits per heavy atom. The van der Waals surface area contributed by atoms with E-state index < -0.39 is 13.3 Å². The van der Waals surface area contributed by atoms with Crippen LogP contribution in [0.3, 0.4) is 0 Å². The third-order valence-corrected chi connectivity index (χ3v) is 0.586. The summed E-state index contributed by atoms with van der Waals surface area (Å²) >= 11 is 0. The first-order valence-electron chi connectivity index (χ1n) is 2.68. The maximum absolute atomic E-state index is 10.4. The summed E-state index contributed by atoms with van der Waals surface area (Å²) in [7, 11) is -1.20. The average Bonchev–Trinajstić information content (AvgIpc) is 2.20. The molecule has 0 saturated carbocycles. The number of rotatable bonds is 4. The summed E-state index contributed by atoms with van der Waals surface area (Å²) < 4.78 is 35.4. The zero-order valence-corrected chi connectivity index (χ0v) is 6.54. The second-order valence-corrected chi connectivity index (χ2v) is 1.28. The van der Waals surface area contributed by atoms with Gasteiger partial charge in [0.1, 0.15) is 0 Å². The fourth-order valence-corrected chi connectivity index (χ4v) is 0.125. The normalized spacial score (nSPS) is 7.43. The Labute approximate surface area is 90.2 Å². The van der Waals surface area contributed by atoms with Crippen LogP contribution in [0.25, 0.3) is 0 Å². The summed E-state index contributed by atoms with van der Waals surface area (Å²) in [6.07, 6.45) is 1.11. The maximum atomic E-state index is 10.4. The van der Waals surface area contributed by atoms with Crippen molar-refractivity contribution in [2.24, 2.45) is 0 Å². The molecule has 0 radical (unpaired) electrons. The number of carbonyl (C=O) groups excluding carboxylic acids is 1. The van der Waals surface area contributed by atoms with Gasteiger partial charge in [-0.1, -0.05) is 20.2 Å². The van der Waals surface area contributed by atoms with Crippen molar-refractivity contribution >= 4 is 32.2 Å². The monoisotopic (exact) mass is 210 g/mol. The standard InChI is InChI=1S/C4H6O2.BF3O3.Li.H/c1-3-4(5)6-2;2-5-1(6-3)7-4;;/h3H,1H2,2H3;;;. The Morgan fingerprint density at radius 1 is 1.29 bits per heavy atom. The molecule has 0 aliphatic carbocycles. The van der Waals surface area contributed by atoms with Gasteiger partial charge in [0.05, 0.1) is 7.11 Å². The molecule has 0 aliphatic heterocycles. The van der Waals surface area contributed by atoms with Gasteiger partial charge >= 0.3 is 32.2 Å². The number of hydrogen-bond acceptors (Lipinski definition) is 5. The number of esters is 1. The number of ether oxygens (including phenoxy) is 1. The quantitative estimate of drug-likeness (QED) is 0.381. The molecule has 0 N–H and O–H groups in total. The summed E-state index contributed by atoms with van der Waals surface area (Å²) in [5.41, 5.74) is 0. The molecule has 5 nitrogen and oxygen atoms in total. The molecule has 0 saturated heterocycles. The van der Waals surface area contributed by atoms with Crippen molar-refractivity contribution in [3.05, 3.63) is 12.7 Å². The topological polar surface area (TPSA) is 54.0 Å². The summed E-state index contributed by atoms with van der Waals surface area (Å²) in [6, 6.07) is 0. The van der Waals surface area contributed by atoms with Crippen molar-refractivity contribution in [2.45, 2.75) is 0 Å². The van der Waals surface area contributed by atoms with E-state index in [-0.39, 0.29) is 18.9 Å². The van der Waals surface area contributed by atoms with Crippen LogP contribution in [-0.2, 0) is 24.1 Å². The van der Waals surface area contributed by atoms with Crippen LogP contribution in [0, 0.1) is 0 Å². The van der Waals surface area contributed by atoms with Gasteiger partial charge in [0, 0.05) is 6.08 Å². The summed E-state index contributed by atoms with van der Waals surface area (Å²) in [5.74, 6) is -0.394. The van der Waals surface area contributed by atoms with Crippen LogP contribution in [-0.4, -0.2) is 39.3 Å². The average molecular weight is 210 g/mol. The Hall–Kier alpha value is -0.458. The van der Waals surface area contributed by atoms with E-state index in [1.54, 1.807) is 0 Å². The molecule has 0 spiro atoms. The fraction of sp³-hybridized carbons (Fsp3) is 0.250. The van der Waals surface area contributed by atoms with Crippen molar-refractivity contribution in [2.75, 3.05) is 7.11 Å². The first kappa shape index (κ1) is 19.2. The van der Waals surface area contributed by atoms with Crippen molar-refractivity contribution in [1.82, 2.24) is 0 Å². The third kappa shape index (κ3) is 14.1. The Kier molecular flexibility index (Phi) is 20.6. The molecule has 14 heavy (non-hydrogen) atoms.